The first kappa shape index (κ1) is 33.4. The second kappa shape index (κ2) is 11.9. The second-order valence-corrected chi connectivity index (χ2v) is 14.4. The Balaban J connectivity index is 1.29. The number of rotatable bonds is 7. The largest absolute Gasteiger partial charge is 0.507 e. The summed E-state index contributed by atoms with van der Waals surface area (Å²) >= 11 is 0.739. The summed E-state index contributed by atoms with van der Waals surface area (Å²) < 4.78 is 29.5. The van der Waals surface area contributed by atoms with E-state index in [1.54, 1.807) is 19.9 Å². The lowest BCUT2D eigenvalue weighted by Gasteiger charge is -2.62. The molecular formula is C36H35FN2O8S. The smallest absolute Gasteiger partial charge is 0.339 e. The number of esters is 1. The summed E-state index contributed by atoms with van der Waals surface area (Å²) in [7, 11) is 0. The maximum Gasteiger partial charge on any atom is 0.339 e. The summed E-state index contributed by atoms with van der Waals surface area (Å²) in [6, 6.07) is 11.8. The van der Waals surface area contributed by atoms with Gasteiger partial charge < -0.3 is 25.4 Å². The highest BCUT2D eigenvalue weighted by atomic mass is 32.2. The number of primary amides is 1. The lowest BCUT2D eigenvalue weighted by molar-refractivity contribution is -0.214. The molecule has 0 radical (unpaired) electrons. The maximum atomic E-state index is 17.6. The Hall–Kier alpha value is -4.47. The number of benzene rings is 2. The van der Waals surface area contributed by atoms with E-state index in [-0.39, 0.29) is 47.0 Å². The van der Waals surface area contributed by atoms with Gasteiger partial charge in [-0.05, 0) is 93.5 Å². The number of aliphatic hydroxyl groups is 1. The number of phenols is 1. The fourth-order valence-electron chi connectivity index (χ4n) is 8.75. The number of carbonyl (C=O) groups is 4. The molecule has 48 heavy (non-hydrogen) atoms. The molecular weight excluding hydrogens is 639 g/mol. The molecule has 7 atom stereocenters. The standard InChI is InChI=1S/C36H35FN2O8S/c1-33-13-11-22(40)17-21(33)5-10-27-26-12-14-35(32(45)48-16-15-38,34(26,2)19-29(42)36(27,33)37)47-31(44)20-3-6-23(7-4-20)46-24-8-9-25(30(39)43)28(41)18-24/h3-4,6-9,11,13,17-18,26-27,29,41-42H,5,10,12,14,16,19H2,1-2H3,(H2,39,43)/t26-,27-,29-,33-,34-,35-,36-/m0/s1. The van der Waals surface area contributed by atoms with E-state index in [9.17, 15) is 34.7 Å². The van der Waals surface area contributed by atoms with Crippen LogP contribution in [0, 0.1) is 34.0 Å². The van der Waals surface area contributed by atoms with E-state index in [0.29, 0.717) is 30.6 Å². The van der Waals surface area contributed by atoms with E-state index in [1.165, 1.54) is 54.6 Å². The van der Waals surface area contributed by atoms with Crippen molar-refractivity contribution in [3.05, 3.63) is 77.4 Å². The van der Waals surface area contributed by atoms with Crippen molar-refractivity contribution in [2.75, 3.05) is 5.75 Å². The Morgan fingerprint density at radius 3 is 2.48 bits per heavy atom. The number of nitrogens with two attached hydrogens (primary N) is 1. The van der Waals surface area contributed by atoms with Gasteiger partial charge in [-0.1, -0.05) is 30.3 Å². The van der Waals surface area contributed by atoms with Gasteiger partial charge in [0, 0.05) is 22.8 Å². The van der Waals surface area contributed by atoms with Crippen LogP contribution in [0.4, 0.5) is 4.39 Å². The number of ether oxygens (including phenoxy) is 2. The number of allylic oxidation sites excluding steroid dienone is 4. The topological polar surface area (TPSA) is 177 Å². The summed E-state index contributed by atoms with van der Waals surface area (Å²) in [5, 5.41) is 30.5. The highest BCUT2D eigenvalue weighted by Crippen LogP contribution is 2.70. The van der Waals surface area contributed by atoms with Gasteiger partial charge in [-0.25, -0.2) is 9.18 Å². The molecule has 4 N–H and O–H groups in total. The number of ketones is 1. The Bertz CT molecular complexity index is 1820. The molecule has 0 aliphatic heterocycles. The van der Waals surface area contributed by atoms with Crippen molar-refractivity contribution in [2.45, 2.75) is 63.3 Å². The molecule has 0 spiro atoms. The summed E-state index contributed by atoms with van der Waals surface area (Å²) in [6.45, 7) is 3.48. The summed E-state index contributed by atoms with van der Waals surface area (Å²) in [5.74, 6) is -2.96. The van der Waals surface area contributed by atoms with E-state index in [2.05, 4.69) is 0 Å². The molecule has 4 aliphatic rings. The number of nitriles is 1. The fourth-order valence-corrected chi connectivity index (χ4v) is 9.56. The van der Waals surface area contributed by atoms with Gasteiger partial charge in [0.1, 0.15) is 17.2 Å². The molecule has 0 saturated heterocycles. The highest BCUT2D eigenvalue weighted by molar-refractivity contribution is 8.14. The minimum atomic E-state index is -2.12. The molecule has 6 rings (SSSR count). The van der Waals surface area contributed by atoms with Crippen LogP contribution >= 0.6 is 11.8 Å². The van der Waals surface area contributed by atoms with Gasteiger partial charge in [0.2, 0.25) is 5.12 Å². The number of nitrogens with zero attached hydrogens (tertiary/aromatic N) is 1. The fraction of sp³-hybridized carbons (Fsp3) is 0.417. The van der Waals surface area contributed by atoms with E-state index >= 15 is 4.39 Å². The quantitative estimate of drug-likeness (QED) is 0.325. The Morgan fingerprint density at radius 2 is 1.81 bits per heavy atom. The SMILES string of the molecule is C[C@]12C=CC(=O)C=C1CC[C@H]1[C@@H]3CC[C@](OC(=O)c4ccc(Oc5ccc(C(N)=O)c(O)c5)cc4)(C(=O)SCC#N)[C@@]3(C)C[C@H](O)[C@@]12F. The molecule has 10 nitrogen and oxygen atoms in total. The number of aromatic hydroxyl groups is 1. The Morgan fingerprint density at radius 1 is 1.10 bits per heavy atom. The minimum absolute atomic E-state index is 0.0658. The van der Waals surface area contributed by atoms with Crippen molar-refractivity contribution in [3.8, 4) is 23.3 Å². The number of thioether (sulfide) groups is 1. The van der Waals surface area contributed by atoms with Crippen molar-refractivity contribution >= 4 is 34.5 Å². The molecule has 3 saturated carbocycles. The van der Waals surface area contributed by atoms with Gasteiger partial charge in [-0.3, -0.25) is 14.4 Å². The zero-order valence-corrected chi connectivity index (χ0v) is 27.2. The van der Waals surface area contributed by atoms with Gasteiger partial charge >= 0.3 is 5.97 Å². The minimum Gasteiger partial charge on any atom is -0.507 e. The van der Waals surface area contributed by atoms with Crippen LogP contribution in [0.15, 0.2) is 66.3 Å². The second-order valence-electron chi connectivity index (χ2n) is 13.4. The molecule has 4 aliphatic carbocycles. The third kappa shape index (κ3) is 4.94. The number of carbonyl (C=O) groups excluding carboxylic acids is 4. The van der Waals surface area contributed by atoms with Gasteiger partial charge in [-0.2, -0.15) is 5.26 Å². The lowest BCUT2D eigenvalue weighted by Crippen LogP contribution is -2.69. The first-order valence-corrected chi connectivity index (χ1v) is 16.7. The Kier molecular flexibility index (Phi) is 8.28. The Labute approximate surface area is 280 Å². The van der Waals surface area contributed by atoms with Crippen molar-refractivity contribution < 1.29 is 43.3 Å². The molecule has 0 heterocycles. The number of hydrogen-bond donors (Lipinski definition) is 3. The van der Waals surface area contributed by atoms with Crippen LogP contribution in [-0.2, 0) is 14.3 Å². The van der Waals surface area contributed by atoms with E-state index in [4.69, 9.17) is 15.2 Å². The maximum absolute atomic E-state index is 17.6. The zero-order valence-electron chi connectivity index (χ0n) is 26.4. The predicted octanol–water partition coefficient (Wildman–Crippen LogP) is 5.33. The predicted molar refractivity (Wildman–Crippen MR) is 173 cm³/mol. The average molecular weight is 675 g/mol. The van der Waals surface area contributed by atoms with Crippen molar-refractivity contribution in [3.63, 3.8) is 0 Å². The van der Waals surface area contributed by atoms with Crippen LogP contribution in [0.5, 0.6) is 17.2 Å². The van der Waals surface area contributed by atoms with Gasteiger partial charge in [0.05, 0.1) is 29.1 Å². The third-order valence-corrected chi connectivity index (χ3v) is 12.1. The van der Waals surface area contributed by atoms with E-state index in [0.717, 1.165) is 11.8 Å². The molecule has 12 heteroatoms. The van der Waals surface area contributed by atoms with Crippen LogP contribution in [-0.4, -0.2) is 56.1 Å². The van der Waals surface area contributed by atoms with Crippen LogP contribution < -0.4 is 10.5 Å². The van der Waals surface area contributed by atoms with Gasteiger partial charge in [0.25, 0.3) is 5.91 Å². The van der Waals surface area contributed by atoms with E-state index < -0.39 is 57.0 Å². The van der Waals surface area contributed by atoms with Crippen molar-refractivity contribution in [2.24, 2.45) is 28.4 Å². The number of alkyl halides is 1. The monoisotopic (exact) mass is 674 g/mol. The normalized spacial score (nSPS) is 33.4. The first-order chi connectivity index (χ1) is 22.7. The number of halogens is 1. The molecule has 250 valence electrons. The van der Waals surface area contributed by atoms with E-state index in [1.807, 2.05) is 6.07 Å². The van der Waals surface area contributed by atoms with Crippen LogP contribution in [0.1, 0.15) is 66.7 Å². The molecule has 0 aromatic heterocycles. The van der Waals surface area contributed by atoms with Gasteiger partial charge in [-0.15, -0.1) is 0 Å². The molecule has 0 unspecified atom stereocenters. The summed E-state index contributed by atoms with van der Waals surface area (Å²) in [6.07, 6.45) is 3.92. The zero-order chi connectivity index (χ0) is 34.6. The molecule has 2 aromatic rings. The molecule has 2 aromatic carbocycles. The van der Waals surface area contributed by atoms with Crippen molar-refractivity contribution in [1.29, 1.82) is 5.26 Å². The summed E-state index contributed by atoms with van der Waals surface area (Å²) in [5.41, 5.74) is -0.327. The van der Waals surface area contributed by atoms with Gasteiger partial charge in [0.15, 0.2) is 17.1 Å². The molecule has 1 amide bonds. The lowest BCUT2D eigenvalue weighted by atomic mass is 9.45. The van der Waals surface area contributed by atoms with Crippen LogP contribution in [0.25, 0.3) is 0 Å². The number of fused-ring (bicyclic) bond motifs is 5. The third-order valence-electron chi connectivity index (χ3n) is 11.2. The summed E-state index contributed by atoms with van der Waals surface area (Å²) in [4.78, 5) is 51.3. The number of hydrogen-bond acceptors (Lipinski definition) is 10. The average Bonchev–Trinajstić information content (AvgIpc) is 3.33. The highest BCUT2D eigenvalue weighted by Gasteiger charge is 2.75. The molecule has 0 bridgehead atoms. The van der Waals surface area contributed by atoms with Crippen LogP contribution in [0.2, 0.25) is 0 Å². The van der Waals surface area contributed by atoms with Crippen LogP contribution in [0.3, 0.4) is 0 Å². The number of aliphatic hydroxyl groups excluding tert-OH is 1. The first-order valence-electron chi connectivity index (χ1n) is 15.7. The molecule has 3 fully saturated rings. The van der Waals surface area contributed by atoms with Crippen molar-refractivity contribution in [1.82, 2.24) is 0 Å². The number of amides is 1.